The minimum Gasteiger partial charge on any atom is -0.355 e. The van der Waals surface area contributed by atoms with E-state index in [1.807, 2.05) is 0 Å². The molecule has 1 amide bonds. The lowest BCUT2D eigenvalue weighted by Crippen LogP contribution is -2.32. The van der Waals surface area contributed by atoms with Gasteiger partial charge >= 0.3 is 0 Å². The number of rotatable bonds is 6. The maximum absolute atomic E-state index is 11.3. The Balaban J connectivity index is 1.53. The van der Waals surface area contributed by atoms with Gasteiger partial charge in [-0.05, 0) is 45.8 Å². The van der Waals surface area contributed by atoms with Crippen LogP contribution in [0.15, 0.2) is 15.2 Å². The summed E-state index contributed by atoms with van der Waals surface area (Å²) in [5.41, 5.74) is 1.28. The van der Waals surface area contributed by atoms with Gasteiger partial charge in [0.2, 0.25) is 5.91 Å². The van der Waals surface area contributed by atoms with Crippen molar-refractivity contribution in [1.82, 2.24) is 10.6 Å². The highest BCUT2D eigenvalue weighted by Crippen LogP contribution is 2.28. The van der Waals surface area contributed by atoms with Gasteiger partial charge in [0.1, 0.15) is 0 Å². The van der Waals surface area contributed by atoms with E-state index in [4.69, 9.17) is 0 Å². The molecular weight excluding hydrogens is 288 g/mol. The molecule has 3 nitrogen and oxygen atoms in total. The molecule has 1 saturated carbocycles. The first-order valence-electron chi connectivity index (χ1n) is 5.47. The van der Waals surface area contributed by atoms with Crippen LogP contribution in [-0.2, 0) is 11.3 Å². The van der Waals surface area contributed by atoms with Crippen LogP contribution in [-0.4, -0.2) is 19.0 Å². The molecule has 1 aromatic heterocycles. The molecule has 1 aliphatic carbocycles. The Hall–Kier alpha value is -0.390. The minimum atomic E-state index is 0.222. The van der Waals surface area contributed by atoms with Gasteiger partial charge in [0, 0.05) is 25.6 Å². The Morgan fingerprint density at radius 3 is 2.94 bits per heavy atom. The van der Waals surface area contributed by atoms with Crippen molar-refractivity contribution in [3.63, 3.8) is 0 Å². The fourth-order valence-electron chi connectivity index (χ4n) is 1.44. The van der Waals surface area contributed by atoms with E-state index in [2.05, 4.69) is 38.0 Å². The molecule has 16 heavy (non-hydrogen) atoms. The smallest absolute Gasteiger partial charge is 0.223 e. The largest absolute Gasteiger partial charge is 0.355 e. The molecule has 0 unspecified atom stereocenters. The van der Waals surface area contributed by atoms with Crippen LogP contribution in [0.1, 0.15) is 18.4 Å². The van der Waals surface area contributed by atoms with Gasteiger partial charge in [0.05, 0.1) is 3.79 Å². The molecule has 0 saturated heterocycles. The summed E-state index contributed by atoms with van der Waals surface area (Å²) < 4.78 is 1.16. The molecule has 2 N–H and O–H groups in total. The zero-order valence-corrected chi connectivity index (χ0v) is 11.4. The lowest BCUT2D eigenvalue weighted by Gasteiger charge is -2.05. The van der Waals surface area contributed by atoms with E-state index in [9.17, 15) is 4.79 Å². The highest BCUT2D eigenvalue weighted by molar-refractivity contribution is 9.11. The molecule has 5 heteroatoms. The van der Waals surface area contributed by atoms with Gasteiger partial charge in [-0.3, -0.25) is 4.79 Å². The zero-order chi connectivity index (χ0) is 11.4. The van der Waals surface area contributed by atoms with Gasteiger partial charge in [-0.15, -0.1) is 11.3 Å². The number of hydrogen-bond donors (Lipinski definition) is 2. The van der Waals surface area contributed by atoms with Gasteiger partial charge in [-0.1, -0.05) is 0 Å². The third-order valence-electron chi connectivity index (χ3n) is 2.50. The molecule has 0 aromatic carbocycles. The maximum atomic E-state index is 11.3. The van der Waals surface area contributed by atoms with Crippen molar-refractivity contribution in [2.24, 2.45) is 5.92 Å². The topological polar surface area (TPSA) is 41.1 Å². The SMILES string of the molecule is O=C(NCCNCc1csc(Br)c1)C1CC1. The second-order valence-electron chi connectivity index (χ2n) is 4.00. The number of amides is 1. The first-order chi connectivity index (χ1) is 7.75. The van der Waals surface area contributed by atoms with Gasteiger partial charge in [0.25, 0.3) is 0 Å². The quantitative estimate of drug-likeness (QED) is 0.791. The third-order valence-corrected chi connectivity index (χ3v) is 4.05. The van der Waals surface area contributed by atoms with Crippen molar-refractivity contribution in [2.75, 3.05) is 13.1 Å². The number of hydrogen-bond acceptors (Lipinski definition) is 3. The number of thiophene rings is 1. The molecule has 0 atom stereocenters. The van der Waals surface area contributed by atoms with Crippen LogP contribution in [0.4, 0.5) is 0 Å². The summed E-state index contributed by atoms with van der Waals surface area (Å²) in [6.45, 7) is 2.41. The Kier molecular flexibility index (Phi) is 4.37. The highest BCUT2D eigenvalue weighted by atomic mass is 79.9. The molecule has 1 aromatic rings. The molecule has 1 fully saturated rings. The highest BCUT2D eigenvalue weighted by Gasteiger charge is 2.28. The van der Waals surface area contributed by atoms with Gasteiger partial charge < -0.3 is 10.6 Å². The first kappa shape index (κ1) is 12.1. The van der Waals surface area contributed by atoms with Crippen LogP contribution in [0.5, 0.6) is 0 Å². The normalized spacial score (nSPS) is 15.1. The summed E-state index contributed by atoms with van der Waals surface area (Å²) in [6, 6.07) is 2.11. The molecule has 0 bridgehead atoms. The van der Waals surface area contributed by atoms with Gasteiger partial charge in [-0.2, -0.15) is 0 Å². The first-order valence-corrected chi connectivity index (χ1v) is 7.14. The van der Waals surface area contributed by atoms with E-state index in [1.165, 1.54) is 5.56 Å². The monoisotopic (exact) mass is 302 g/mol. The predicted molar refractivity (Wildman–Crippen MR) is 69.5 cm³/mol. The molecule has 0 spiro atoms. The van der Waals surface area contributed by atoms with Gasteiger partial charge in [0.15, 0.2) is 0 Å². The van der Waals surface area contributed by atoms with E-state index < -0.39 is 0 Å². The van der Waals surface area contributed by atoms with E-state index >= 15 is 0 Å². The lowest BCUT2D eigenvalue weighted by molar-refractivity contribution is -0.122. The molecule has 1 heterocycles. The molecule has 88 valence electrons. The lowest BCUT2D eigenvalue weighted by atomic mass is 10.3. The summed E-state index contributed by atoms with van der Waals surface area (Å²) in [6.07, 6.45) is 2.14. The van der Waals surface area contributed by atoms with Crippen molar-refractivity contribution in [2.45, 2.75) is 19.4 Å². The number of carbonyl (C=O) groups is 1. The van der Waals surface area contributed by atoms with Gasteiger partial charge in [-0.25, -0.2) is 0 Å². The average molecular weight is 303 g/mol. The Morgan fingerprint density at radius 1 is 1.50 bits per heavy atom. The number of nitrogens with one attached hydrogen (secondary N) is 2. The second-order valence-corrected chi connectivity index (χ2v) is 6.29. The Labute approximate surface area is 108 Å². The summed E-state index contributed by atoms with van der Waals surface area (Å²) in [5.74, 6) is 0.535. The molecular formula is C11H15BrN2OS. The van der Waals surface area contributed by atoms with Crippen LogP contribution in [0, 0.1) is 5.92 Å². The van der Waals surface area contributed by atoms with Crippen molar-refractivity contribution >= 4 is 33.2 Å². The van der Waals surface area contributed by atoms with Crippen LogP contribution in [0.3, 0.4) is 0 Å². The predicted octanol–water partition coefficient (Wildman–Crippen LogP) is 2.13. The van der Waals surface area contributed by atoms with Crippen LogP contribution >= 0.6 is 27.3 Å². The molecule has 2 rings (SSSR count). The molecule has 0 radical (unpaired) electrons. The fourth-order valence-corrected chi connectivity index (χ4v) is 2.64. The van der Waals surface area contributed by atoms with Crippen molar-refractivity contribution < 1.29 is 4.79 Å². The summed E-state index contributed by atoms with van der Waals surface area (Å²) in [5, 5.41) is 8.35. The summed E-state index contributed by atoms with van der Waals surface area (Å²) in [4.78, 5) is 11.3. The maximum Gasteiger partial charge on any atom is 0.223 e. The average Bonchev–Trinajstić information content (AvgIpc) is 3.03. The van der Waals surface area contributed by atoms with Crippen LogP contribution in [0.2, 0.25) is 0 Å². The molecule has 0 aliphatic heterocycles. The van der Waals surface area contributed by atoms with Crippen molar-refractivity contribution in [3.8, 4) is 0 Å². The molecule has 1 aliphatic rings. The summed E-state index contributed by atoms with van der Waals surface area (Å²) >= 11 is 5.12. The van der Waals surface area contributed by atoms with E-state index in [-0.39, 0.29) is 5.91 Å². The Morgan fingerprint density at radius 2 is 2.31 bits per heavy atom. The van der Waals surface area contributed by atoms with Crippen molar-refractivity contribution in [3.05, 3.63) is 20.8 Å². The van der Waals surface area contributed by atoms with E-state index in [0.717, 1.165) is 36.3 Å². The van der Waals surface area contributed by atoms with E-state index in [0.29, 0.717) is 5.92 Å². The minimum absolute atomic E-state index is 0.222. The summed E-state index contributed by atoms with van der Waals surface area (Å²) in [7, 11) is 0. The second kappa shape index (κ2) is 5.80. The van der Waals surface area contributed by atoms with Crippen LogP contribution in [0.25, 0.3) is 0 Å². The Bertz CT molecular complexity index is 363. The third kappa shape index (κ3) is 3.88. The number of carbonyl (C=O) groups excluding carboxylic acids is 1. The van der Waals surface area contributed by atoms with E-state index in [1.54, 1.807) is 11.3 Å². The zero-order valence-electron chi connectivity index (χ0n) is 8.96. The fraction of sp³-hybridized carbons (Fsp3) is 0.545. The number of halogens is 1. The van der Waals surface area contributed by atoms with Crippen LogP contribution < -0.4 is 10.6 Å². The van der Waals surface area contributed by atoms with Crippen molar-refractivity contribution in [1.29, 1.82) is 0 Å². The standard InChI is InChI=1S/C11H15BrN2OS/c12-10-5-8(7-16-10)6-13-3-4-14-11(15)9-1-2-9/h5,7,9,13H,1-4,6H2,(H,14,15).